The van der Waals surface area contributed by atoms with Crippen LogP contribution in [0.1, 0.15) is 44.7 Å². The molecule has 0 aromatic heterocycles. The van der Waals surface area contributed by atoms with Crippen molar-refractivity contribution in [2.75, 3.05) is 32.3 Å². The minimum Gasteiger partial charge on any atom is -0.491 e. The summed E-state index contributed by atoms with van der Waals surface area (Å²) in [7, 11) is 0. The summed E-state index contributed by atoms with van der Waals surface area (Å²) in [5, 5.41) is 19.5. The van der Waals surface area contributed by atoms with Crippen LogP contribution in [0.4, 0.5) is 0 Å². The lowest BCUT2D eigenvalue weighted by atomic mass is 9.78. The van der Waals surface area contributed by atoms with Gasteiger partial charge >= 0.3 is 0 Å². The molecule has 0 amide bonds. The molecule has 172 valence electrons. The second-order valence-corrected chi connectivity index (χ2v) is 8.49. The third-order valence-corrected chi connectivity index (χ3v) is 5.52. The zero-order valence-electron chi connectivity index (χ0n) is 18.7. The van der Waals surface area contributed by atoms with Crippen LogP contribution in [0.5, 0.6) is 11.5 Å². The molecule has 31 heavy (non-hydrogen) atoms. The van der Waals surface area contributed by atoms with Crippen LogP contribution in [-0.2, 0) is 10.2 Å². The smallest absolute Gasteiger partial charge is 0.119 e. The Kier molecular flexibility index (Phi) is 10.6. The van der Waals surface area contributed by atoms with Gasteiger partial charge in [-0.3, -0.25) is 0 Å². The number of hydrogen-bond donors (Lipinski definition) is 2. The van der Waals surface area contributed by atoms with Crippen molar-refractivity contribution in [1.82, 2.24) is 0 Å². The molecule has 0 heterocycles. The summed E-state index contributed by atoms with van der Waals surface area (Å²) >= 11 is 5.59. The molecule has 0 spiro atoms. The lowest BCUT2D eigenvalue weighted by Gasteiger charge is -2.26. The molecule has 0 aliphatic heterocycles. The predicted octanol–water partition coefficient (Wildman–Crippen LogP) is 4.55. The van der Waals surface area contributed by atoms with Crippen molar-refractivity contribution < 1.29 is 24.4 Å². The van der Waals surface area contributed by atoms with Crippen molar-refractivity contribution in [1.29, 1.82) is 0 Å². The predicted molar refractivity (Wildman–Crippen MR) is 124 cm³/mol. The average molecular weight is 451 g/mol. The fraction of sp³-hybridized carbons (Fsp3) is 0.520. The Labute approximate surface area is 190 Å². The first kappa shape index (κ1) is 25.5. The number of ether oxygens (including phenoxy) is 3. The molecular weight excluding hydrogens is 416 g/mol. The molecule has 2 aromatic carbocycles. The van der Waals surface area contributed by atoms with Crippen LogP contribution in [0.15, 0.2) is 48.5 Å². The Morgan fingerprint density at radius 1 is 0.806 bits per heavy atom. The number of aliphatic hydroxyl groups is 2. The van der Waals surface area contributed by atoms with E-state index in [2.05, 4.69) is 20.8 Å². The molecule has 0 aliphatic carbocycles. The van der Waals surface area contributed by atoms with Crippen LogP contribution in [0.25, 0.3) is 0 Å². The van der Waals surface area contributed by atoms with E-state index in [-0.39, 0.29) is 31.1 Å². The Morgan fingerprint density at radius 2 is 1.29 bits per heavy atom. The summed E-state index contributed by atoms with van der Waals surface area (Å²) in [5.74, 6) is 1.56. The quantitative estimate of drug-likeness (QED) is 0.326. The van der Waals surface area contributed by atoms with Crippen molar-refractivity contribution >= 4 is 11.6 Å². The maximum atomic E-state index is 9.97. The van der Waals surface area contributed by atoms with Crippen molar-refractivity contribution in [2.24, 2.45) is 0 Å². The Bertz CT molecular complexity index is 746. The van der Waals surface area contributed by atoms with E-state index in [1.165, 1.54) is 0 Å². The number of unbranched alkanes of at least 4 members (excludes halogenated alkanes) is 1. The maximum Gasteiger partial charge on any atom is 0.119 e. The van der Waals surface area contributed by atoms with Gasteiger partial charge in [-0.1, -0.05) is 51.5 Å². The van der Waals surface area contributed by atoms with E-state index < -0.39 is 12.2 Å². The average Bonchev–Trinajstić information content (AvgIpc) is 2.79. The van der Waals surface area contributed by atoms with E-state index in [0.29, 0.717) is 18.1 Å². The molecule has 6 heteroatoms. The van der Waals surface area contributed by atoms with Crippen molar-refractivity contribution in [3.05, 3.63) is 59.7 Å². The number of aliphatic hydroxyl groups excluding tert-OH is 2. The number of halogens is 1. The fourth-order valence-corrected chi connectivity index (χ4v) is 3.13. The Morgan fingerprint density at radius 3 is 1.74 bits per heavy atom. The summed E-state index contributed by atoms with van der Waals surface area (Å²) in [4.78, 5) is 0. The number of hydrogen-bond acceptors (Lipinski definition) is 5. The summed E-state index contributed by atoms with van der Waals surface area (Å²) in [5.41, 5.74) is 2.08. The van der Waals surface area contributed by atoms with Gasteiger partial charge in [0.1, 0.15) is 36.9 Å². The molecule has 0 saturated heterocycles. The van der Waals surface area contributed by atoms with Gasteiger partial charge in [0, 0.05) is 12.0 Å². The van der Waals surface area contributed by atoms with Gasteiger partial charge in [-0.25, -0.2) is 0 Å². The van der Waals surface area contributed by atoms with Crippen LogP contribution in [0.2, 0.25) is 0 Å². The van der Waals surface area contributed by atoms with Crippen molar-refractivity contribution in [3.63, 3.8) is 0 Å². The zero-order chi connectivity index (χ0) is 22.7. The summed E-state index contributed by atoms with van der Waals surface area (Å²) < 4.78 is 16.7. The van der Waals surface area contributed by atoms with Gasteiger partial charge in [0.05, 0.1) is 12.5 Å². The highest BCUT2D eigenvalue weighted by molar-refractivity contribution is 6.18. The van der Waals surface area contributed by atoms with E-state index in [4.69, 9.17) is 25.8 Å². The fourth-order valence-electron chi connectivity index (χ4n) is 3.05. The first-order valence-corrected chi connectivity index (χ1v) is 11.4. The minimum atomic E-state index is -0.673. The van der Waals surface area contributed by atoms with E-state index in [1.807, 2.05) is 48.5 Å². The molecule has 2 atom stereocenters. The van der Waals surface area contributed by atoms with Crippen LogP contribution in [-0.4, -0.2) is 54.7 Å². The molecule has 0 bridgehead atoms. The summed E-state index contributed by atoms with van der Waals surface area (Å²) in [6.45, 7) is 7.76. The van der Waals surface area contributed by atoms with Crippen molar-refractivity contribution in [2.45, 2.75) is 51.2 Å². The van der Waals surface area contributed by atoms with Gasteiger partial charge in [-0.15, -0.1) is 11.6 Å². The first-order chi connectivity index (χ1) is 14.9. The Hall–Kier alpha value is -1.79. The molecule has 0 aliphatic rings. The standard InChI is InChI=1S/C25H35ClO5/c1-4-5-14-29-16-22(28)18-31-24-12-8-20(9-13-24)25(2,3)19-6-10-23(11-7-19)30-17-21(27)15-26/h6-13,21-22,27-28H,4-5,14-18H2,1-3H3/t21-,22-/m0/s1. The zero-order valence-corrected chi connectivity index (χ0v) is 19.5. The third-order valence-electron chi connectivity index (χ3n) is 5.17. The monoisotopic (exact) mass is 450 g/mol. The first-order valence-electron chi connectivity index (χ1n) is 10.8. The highest BCUT2D eigenvalue weighted by atomic mass is 35.5. The van der Waals surface area contributed by atoms with Crippen molar-refractivity contribution in [3.8, 4) is 11.5 Å². The molecule has 0 radical (unpaired) electrons. The van der Waals surface area contributed by atoms with Crippen LogP contribution in [0, 0.1) is 0 Å². The van der Waals surface area contributed by atoms with E-state index >= 15 is 0 Å². The summed E-state index contributed by atoms with van der Waals surface area (Å²) in [6, 6.07) is 15.8. The number of alkyl halides is 1. The second-order valence-electron chi connectivity index (χ2n) is 8.19. The van der Waals surface area contributed by atoms with Crippen LogP contribution in [0.3, 0.4) is 0 Å². The third kappa shape index (κ3) is 8.34. The molecule has 2 rings (SSSR count). The molecule has 2 N–H and O–H groups in total. The highest BCUT2D eigenvalue weighted by Gasteiger charge is 2.23. The maximum absolute atomic E-state index is 9.97. The molecule has 5 nitrogen and oxygen atoms in total. The highest BCUT2D eigenvalue weighted by Crippen LogP contribution is 2.33. The topological polar surface area (TPSA) is 68.2 Å². The molecule has 0 saturated carbocycles. The van der Waals surface area contributed by atoms with Gasteiger partial charge in [0.2, 0.25) is 0 Å². The number of benzene rings is 2. The molecule has 0 unspecified atom stereocenters. The van der Waals surface area contributed by atoms with Gasteiger partial charge in [0.25, 0.3) is 0 Å². The minimum absolute atomic E-state index is 0.149. The van der Waals surface area contributed by atoms with Crippen LogP contribution < -0.4 is 9.47 Å². The second kappa shape index (κ2) is 12.9. The largest absolute Gasteiger partial charge is 0.491 e. The van der Waals surface area contributed by atoms with Gasteiger partial charge in [0.15, 0.2) is 0 Å². The Balaban J connectivity index is 1.90. The molecule has 2 aromatic rings. The van der Waals surface area contributed by atoms with E-state index in [9.17, 15) is 10.2 Å². The van der Waals surface area contributed by atoms with Crippen LogP contribution >= 0.6 is 11.6 Å². The molecule has 0 fully saturated rings. The van der Waals surface area contributed by atoms with Gasteiger partial charge in [-0.2, -0.15) is 0 Å². The summed E-state index contributed by atoms with van der Waals surface area (Å²) in [6.07, 6.45) is 0.761. The lowest BCUT2D eigenvalue weighted by molar-refractivity contribution is 0.0113. The molecular formula is C25H35ClO5. The SMILES string of the molecule is CCCCOC[C@H](O)COc1ccc(C(C)(C)c2ccc(OC[C@@H](O)CCl)cc2)cc1. The van der Waals surface area contributed by atoms with Gasteiger partial charge < -0.3 is 24.4 Å². The lowest BCUT2D eigenvalue weighted by Crippen LogP contribution is -2.23. The van der Waals surface area contributed by atoms with E-state index in [1.54, 1.807) is 0 Å². The van der Waals surface area contributed by atoms with Gasteiger partial charge in [-0.05, 0) is 41.8 Å². The van der Waals surface area contributed by atoms with E-state index in [0.717, 1.165) is 24.0 Å². The number of rotatable bonds is 14. The normalized spacial score (nSPS) is 13.6.